The lowest BCUT2D eigenvalue weighted by Gasteiger charge is -2.19. The highest BCUT2D eigenvalue weighted by atomic mass is 32.1. The quantitative estimate of drug-likeness (QED) is 0.448. The van der Waals surface area contributed by atoms with Crippen molar-refractivity contribution < 1.29 is 14.7 Å². The molecule has 2 aromatic heterocycles. The van der Waals surface area contributed by atoms with Crippen LogP contribution in [0.3, 0.4) is 0 Å². The predicted molar refractivity (Wildman–Crippen MR) is 125 cm³/mol. The Morgan fingerprint density at radius 3 is 2.52 bits per heavy atom. The molecule has 0 saturated heterocycles. The molecule has 3 aromatic rings. The first-order valence-corrected chi connectivity index (χ1v) is 11.8. The number of carbonyl (C=O) groups excluding carboxylic acids is 1. The predicted octanol–water partition coefficient (Wildman–Crippen LogP) is 5.28. The lowest BCUT2D eigenvalue weighted by molar-refractivity contribution is -0.139. The third-order valence-corrected chi connectivity index (χ3v) is 6.43. The summed E-state index contributed by atoms with van der Waals surface area (Å²) in [5.41, 5.74) is 2.20. The number of hydrogen-bond donors (Lipinski definition) is 2. The molecular weight excluding hydrogens is 410 g/mol. The molecule has 1 aromatic carbocycles. The molecule has 0 aliphatic heterocycles. The van der Waals surface area contributed by atoms with E-state index in [4.69, 9.17) is 4.98 Å². The fourth-order valence-corrected chi connectivity index (χ4v) is 4.68. The van der Waals surface area contributed by atoms with Crippen molar-refractivity contribution in [3.8, 4) is 0 Å². The molecule has 0 saturated carbocycles. The molecule has 3 rings (SSSR count). The molecule has 6 nitrogen and oxygen atoms in total. The van der Waals surface area contributed by atoms with Gasteiger partial charge in [0, 0.05) is 22.9 Å². The number of thiophene rings is 1. The fourth-order valence-electron chi connectivity index (χ4n) is 3.98. The molecule has 0 radical (unpaired) electrons. The van der Waals surface area contributed by atoms with Gasteiger partial charge in [-0.1, -0.05) is 33.8 Å². The van der Waals surface area contributed by atoms with Crippen molar-refractivity contribution >= 4 is 34.2 Å². The maximum absolute atomic E-state index is 12.8. The highest BCUT2D eigenvalue weighted by Gasteiger charge is 2.23. The van der Waals surface area contributed by atoms with E-state index in [2.05, 4.69) is 35.2 Å². The van der Waals surface area contributed by atoms with E-state index in [9.17, 15) is 14.7 Å². The van der Waals surface area contributed by atoms with Crippen molar-refractivity contribution in [1.82, 2.24) is 14.9 Å². The maximum Gasteiger partial charge on any atom is 0.326 e. The molecule has 0 spiro atoms. The first kappa shape index (κ1) is 23.0. The Hall–Kier alpha value is -2.67. The lowest BCUT2D eigenvalue weighted by Crippen LogP contribution is -2.41. The van der Waals surface area contributed by atoms with E-state index >= 15 is 0 Å². The lowest BCUT2D eigenvalue weighted by atomic mass is 10.0. The molecule has 0 bridgehead atoms. The fraction of sp³-hybridized carbons (Fsp3) is 0.458. The molecule has 31 heavy (non-hydrogen) atoms. The SMILES string of the molecule is CCC(CC)n1c(Cc2cccs2)nc2cc(C(=O)N[C@@H](CC(C)C)C(=O)O)ccc21. The number of aromatic nitrogens is 2. The van der Waals surface area contributed by atoms with E-state index in [0.717, 1.165) is 36.1 Å². The zero-order valence-corrected chi connectivity index (χ0v) is 19.4. The second-order valence-corrected chi connectivity index (χ2v) is 9.35. The number of fused-ring (bicyclic) bond motifs is 1. The minimum absolute atomic E-state index is 0.166. The molecule has 0 aliphatic rings. The number of aliphatic carboxylic acids is 1. The molecule has 2 heterocycles. The van der Waals surface area contributed by atoms with Crippen LogP contribution in [-0.2, 0) is 11.2 Å². The van der Waals surface area contributed by atoms with Gasteiger partial charge in [0.2, 0.25) is 0 Å². The summed E-state index contributed by atoms with van der Waals surface area (Å²) < 4.78 is 2.30. The highest BCUT2D eigenvalue weighted by Crippen LogP contribution is 2.28. The zero-order valence-electron chi connectivity index (χ0n) is 18.6. The first-order chi connectivity index (χ1) is 14.8. The normalized spacial score (nSPS) is 12.6. The first-order valence-electron chi connectivity index (χ1n) is 10.9. The van der Waals surface area contributed by atoms with Crippen molar-refractivity contribution in [3.63, 3.8) is 0 Å². The van der Waals surface area contributed by atoms with Crippen LogP contribution < -0.4 is 5.32 Å². The standard InChI is InChI=1S/C24H31N3O3S/c1-5-17(6-2)27-21-10-9-16(23(28)26-20(24(29)30)12-15(3)4)13-19(21)25-22(27)14-18-8-7-11-31-18/h7-11,13,15,17,20H,5-6,12,14H2,1-4H3,(H,26,28)(H,29,30)/t20-/m0/s1. The average molecular weight is 442 g/mol. The van der Waals surface area contributed by atoms with Crippen molar-refractivity contribution in [3.05, 3.63) is 52.0 Å². The van der Waals surface area contributed by atoms with Crippen LogP contribution in [-0.4, -0.2) is 32.6 Å². The smallest absolute Gasteiger partial charge is 0.326 e. The summed E-state index contributed by atoms with van der Waals surface area (Å²) in [6.07, 6.45) is 3.13. The number of benzene rings is 1. The molecular formula is C24H31N3O3S. The number of hydrogen-bond acceptors (Lipinski definition) is 4. The Bertz CT molecular complexity index is 1040. The van der Waals surface area contributed by atoms with Crippen molar-refractivity contribution in [2.24, 2.45) is 5.92 Å². The van der Waals surface area contributed by atoms with Gasteiger partial charge in [0.25, 0.3) is 5.91 Å². The summed E-state index contributed by atoms with van der Waals surface area (Å²) in [5, 5.41) is 14.2. The maximum atomic E-state index is 12.8. The van der Waals surface area contributed by atoms with E-state index in [0.29, 0.717) is 18.0 Å². The van der Waals surface area contributed by atoms with E-state index < -0.39 is 12.0 Å². The zero-order chi connectivity index (χ0) is 22.5. The van der Waals surface area contributed by atoms with Crippen LogP contribution in [0.15, 0.2) is 35.7 Å². The molecule has 0 fully saturated rings. The number of imidazole rings is 1. The molecule has 0 unspecified atom stereocenters. The van der Waals surface area contributed by atoms with Gasteiger partial charge in [-0.3, -0.25) is 4.79 Å². The summed E-state index contributed by atoms with van der Waals surface area (Å²) in [6, 6.07) is 9.06. The number of nitrogens with zero attached hydrogens (tertiary/aromatic N) is 2. The van der Waals surface area contributed by atoms with Crippen molar-refractivity contribution in [1.29, 1.82) is 0 Å². The highest BCUT2D eigenvalue weighted by molar-refractivity contribution is 7.09. The van der Waals surface area contributed by atoms with Crippen LogP contribution >= 0.6 is 11.3 Å². The van der Waals surface area contributed by atoms with Crippen molar-refractivity contribution in [2.45, 2.75) is 65.5 Å². The van der Waals surface area contributed by atoms with E-state index in [1.807, 2.05) is 26.0 Å². The van der Waals surface area contributed by atoms with Crippen LogP contribution in [0.1, 0.15) is 74.1 Å². The van der Waals surface area contributed by atoms with E-state index in [1.54, 1.807) is 23.5 Å². The van der Waals surface area contributed by atoms with Gasteiger partial charge in [0.1, 0.15) is 11.9 Å². The average Bonchev–Trinajstić information content (AvgIpc) is 3.36. The summed E-state index contributed by atoms with van der Waals surface area (Å²) in [7, 11) is 0. The third kappa shape index (κ3) is 5.34. The van der Waals surface area contributed by atoms with Gasteiger partial charge in [-0.2, -0.15) is 0 Å². The third-order valence-electron chi connectivity index (χ3n) is 5.56. The number of carboxylic acid groups (broad SMARTS) is 1. The molecule has 1 atom stereocenters. The number of nitrogens with one attached hydrogen (secondary N) is 1. The van der Waals surface area contributed by atoms with E-state index in [1.165, 1.54) is 4.88 Å². The van der Waals surface area contributed by atoms with Gasteiger partial charge in [0.15, 0.2) is 0 Å². The summed E-state index contributed by atoms with van der Waals surface area (Å²) in [6.45, 7) is 8.23. The second-order valence-electron chi connectivity index (χ2n) is 8.32. The molecule has 7 heteroatoms. The minimum Gasteiger partial charge on any atom is -0.480 e. The Kier molecular flexibility index (Phi) is 7.49. The second kappa shape index (κ2) is 10.1. The van der Waals surface area contributed by atoms with Crippen LogP contribution in [0.2, 0.25) is 0 Å². The number of rotatable bonds is 10. The van der Waals surface area contributed by atoms with Gasteiger partial charge >= 0.3 is 5.97 Å². The number of amides is 1. The minimum atomic E-state index is -1.01. The van der Waals surface area contributed by atoms with Gasteiger partial charge in [-0.15, -0.1) is 11.3 Å². The summed E-state index contributed by atoms with van der Waals surface area (Å²) in [5.74, 6) is -0.238. The topological polar surface area (TPSA) is 84.2 Å². The van der Waals surface area contributed by atoms with Gasteiger partial charge < -0.3 is 15.0 Å². The molecule has 2 N–H and O–H groups in total. The monoisotopic (exact) mass is 441 g/mol. The largest absolute Gasteiger partial charge is 0.480 e. The number of carboxylic acids is 1. The Morgan fingerprint density at radius 2 is 1.94 bits per heavy atom. The van der Waals surface area contributed by atoms with Crippen molar-refractivity contribution in [2.75, 3.05) is 0 Å². The summed E-state index contributed by atoms with van der Waals surface area (Å²) >= 11 is 1.71. The van der Waals surface area contributed by atoms with E-state index in [-0.39, 0.29) is 11.8 Å². The molecule has 0 aliphatic carbocycles. The van der Waals surface area contributed by atoms with Gasteiger partial charge in [-0.05, 0) is 54.8 Å². The Labute approximate surface area is 187 Å². The van der Waals surface area contributed by atoms with Crippen LogP contribution in [0.5, 0.6) is 0 Å². The van der Waals surface area contributed by atoms with Gasteiger partial charge in [-0.25, -0.2) is 9.78 Å². The van der Waals surface area contributed by atoms with Crippen LogP contribution in [0.25, 0.3) is 11.0 Å². The molecule has 166 valence electrons. The Morgan fingerprint density at radius 1 is 1.19 bits per heavy atom. The summed E-state index contributed by atoms with van der Waals surface area (Å²) in [4.78, 5) is 30.4. The Balaban J connectivity index is 1.96. The van der Waals surface area contributed by atoms with Crippen LogP contribution in [0, 0.1) is 5.92 Å². The number of carbonyl (C=O) groups is 2. The molecule has 1 amide bonds. The van der Waals surface area contributed by atoms with Gasteiger partial charge in [0.05, 0.1) is 11.0 Å². The van der Waals surface area contributed by atoms with Crippen LogP contribution in [0.4, 0.5) is 0 Å².